The van der Waals surface area contributed by atoms with Gasteiger partial charge in [0, 0.05) is 12.4 Å². The van der Waals surface area contributed by atoms with Crippen molar-refractivity contribution in [2.75, 3.05) is 25.6 Å². The van der Waals surface area contributed by atoms with Gasteiger partial charge in [0.2, 0.25) is 10.0 Å². The maximum Gasteiger partial charge on any atom is 0.245 e. The van der Waals surface area contributed by atoms with Crippen molar-refractivity contribution < 1.29 is 13.2 Å². The summed E-state index contributed by atoms with van der Waals surface area (Å²) in [4.78, 5) is 0.181. The zero-order chi connectivity index (χ0) is 14.2. The number of halogens is 1. The SMILES string of the molecule is O=S(=O)(c1cccc2c1N=S=N2)N1CCOCC1CCl. The number of alkyl halides is 1. The van der Waals surface area contributed by atoms with Crippen LogP contribution in [0.1, 0.15) is 0 Å². The summed E-state index contributed by atoms with van der Waals surface area (Å²) in [5.41, 5.74) is 1.00. The largest absolute Gasteiger partial charge is 0.378 e. The fourth-order valence-corrected chi connectivity index (χ4v) is 4.88. The van der Waals surface area contributed by atoms with Crippen LogP contribution in [0.4, 0.5) is 11.4 Å². The maximum atomic E-state index is 12.8. The quantitative estimate of drug-likeness (QED) is 0.807. The molecule has 2 aliphatic rings. The zero-order valence-corrected chi connectivity index (χ0v) is 12.8. The molecule has 0 saturated carbocycles. The van der Waals surface area contributed by atoms with E-state index >= 15 is 0 Å². The Labute approximate surface area is 125 Å². The van der Waals surface area contributed by atoms with Gasteiger partial charge in [-0.15, -0.1) is 11.6 Å². The molecule has 0 aromatic heterocycles. The third kappa shape index (κ3) is 2.31. The van der Waals surface area contributed by atoms with E-state index in [9.17, 15) is 8.42 Å². The Hall–Kier alpha value is -0.800. The number of benzene rings is 1. The lowest BCUT2D eigenvalue weighted by Gasteiger charge is -2.33. The van der Waals surface area contributed by atoms with Crippen LogP contribution >= 0.6 is 11.6 Å². The lowest BCUT2D eigenvalue weighted by molar-refractivity contribution is 0.0405. The molecule has 3 rings (SSSR count). The molecule has 1 atom stereocenters. The maximum absolute atomic E-state index is 12.8. The van der Waals surface area contributed by atoms with Crippen LogP contribution in [-0.4, -0.2) is 44.4 Å². The Balaban J connectivity index is 2.04. The number of sulfonamides is 1. The summed E-state index contributed by atoms with van der Waals surface area (Å²) in [5, 5.41) is 0. The van der Waals surface area contributed by atoms with Gasteiger partial charge in [-0.2, -0.15) is 13.0 Å². The van der Waals surface area contributed by atoms with Crippen molar-refractivity contribution in [1.29, 1.82) is 0 Å². The molecule has 1 unspecified atom stereocenters. The van der Waals surface area contributed by atoms with Crippen molar-refractivity contribution in [3.8, 4) is 0 Å². The first-order valence-corrected chi connectivity index (χ1v) is 8.72. The van der Waals surface area contributed by atoms with E-state index < -0.39 is 10.0 Å². The van der Waals surface area contributed by atoms with Crippen LogP contribution in [0.15, 0.2) is 31.8 Å². The minimum absolute atomic E-state index is 0.181. The van der Waals surface area contributed by atoms with E-state index in [-0.39, 0.29) is 16.8 Å². The fourth-order valence-electron chi connectivity index (χ4n) is 2.19. The van der Waals surface area contributed by atoms with E-state index in [1.807, 2.05) is 0 Å². The summed E-state index contributed by atoms with van der Waals surface area (Å²) < 4.78 is 40.5. The summed E-state index contributed by atoms with van der Waals surface area (Å²) in [6, 6.07) is 4.63. The lowest BCUT2D eigenvalue weighted by atomic mass is 10.3. The summed E-state index contributed by atoms with van der Waals surface area (Å²) in [6.45, 7) is 0.986. The third-order valence-electron chi connectivity index (χ3n) is 3.19. The van der Waals surface area contributed by atoms with Crippen LogP contribution in [-0.2, 0) is 26.1 Å². The predicted molar refractivity (Wildman–Crippen MR) is 77.2 cm³/mol. The van der Waals surface area contributed by atoms with E-state index in [4.69, 9.17) is 16.3 Å². The summed E-state index contributed by atoms with van der Waals surface area (Å²) in [6.07, 6.45) is 0. The second-order valence-electron chi connectivity index (χ2n) is 4.39. The first-order valence-electron chi connectivity index (χ1n) is 6.01. The van der Waals surface area contributed by atoms with Gasteiger partial charge in [-0.25, -0.2) is 8.42 Å². The van der Waals surface area contributed by atoms with Crippen LogP contribution < -0.4 is 0 Å². The van der Waals surface area contributed by atoms with Crippen LogP contribution in [0.5, 0.6) is 0 Å². The highest BCUT2D eigenvalue weighted by Crippen LogP contribution is 2.39. The molecule has 0 spiro atoms. The molecule has 108 valence electrons. The van der Waals surface area contributed by atoms with Crippen LogP contribution in [0.25, 0.3) is 0 Å². The number of nitrogens with zero attached hydrogens (tertiary/aromatic N) is 3. The number of fused-ring (bicyclic) bond motifs is 1. The van der Waals surface area contributed by atoms with E-state index in [0.29, 0.717) is 31.1 Å². The van der Waals surface area contributed by atoms with E-state index in [2.05, 4.69) is 8.73 Å². The Morgan fingerprint density at radius 1 is 1.45 bits per heavy atom. The average molecular weight is 334 g/mol. The molecule has 2 aliphatic heterocycles. The number of hydrogen-bond donors (Lipinski definition) is 0. The first-order chi connectivity index (χ1) is 9.64. The van der Waals surface area contributed by atoms with Crippen molar-refractivity contribution in [2.45, 2.75) is 10.9 Å². The van der Waals surface area contributed by atoms with E-state index in [0.717, 1.165) is 11.4 Å². The molecule has 1 saturated heterocycles. The Bertz CT molecular complexity index is 701. The number of ether oxygens (including phenoxy) is 1. The van der Waals surface area contributed by atoms with Gasteiger partial charge in [0.1, 0.15) is 16.3 Å². The van der Waals surface area contributed by atoms with Gasteiger partial charge in [0.15, 0.2) is 0 Å². The molecule has 0 aliphatic carbocycles. The monoisotopic (exact) mass is 333 g/mol. The number of hydrogen-bond acceptors (Lipinski definition) is 5. The summed E-state index contributed by atoms with van der Waals surface area (Å²) in [5.74, 6) is 0.199. The fraction of sp³-hybridized carbons (Fsp3) is 0.455. The molecular formula is C11H12ClN3O3S2. The van der Waals surface area contributed by atoms with Crippen molar-refractivity contribution in [1.82, 2.24) is 4.31 Å². The average Bonchev–Trinajstić information content (AvgIpc) is 2.95. The van der Waals surface area contributed by atoms with Crippen LogP contribution in [0, 0.1) is 0 Å². The molecule has 9 heteroatoms. The van der Waals surface area contributed by atoms with Gasteiger partial charge < -0.3 is 4.74 Å². The van der Waals surface area contributed by atoms with E-state index in [1.54, 1.807) is 18.2 Å². The molecule has 0 radical (unpaired) electrons. The molecule has 1 fully saturated rings. The first kappa shape index (κ1) is 14.2. The highest BCUT2D eigenvalue weighted by atomic mass is 35.5. The van der Waals surface area contributed by atoms with Crippen molar-refractivity contribution in [3.63, 3.8) is 0 Å². The van der Waals surface area contributed by atoms with Crippen molar-refractivity contribution in [3.05, 3.63) is 18.2 Å². The summed E-state index contributed by atoms with van der Waals surface area (Å²) >= 11 is 6.86. The van der Waals surface area contributed by atoms with Crippen LogP contribution in [0.3, 0.4) is 0 Å². The molecule has 0 N–H and O–H groups in total. The topological polar surface area (TPSA) is 71.3 Å². The predicted octanol–water partition coefficient (Wildman–Crippen LogP) is 2.04. The van der Waals surface area contributed by atoms with Gasteiger partial charge in [-0.1, -0.05) is 6.07 Å². The minimum Gasteiger partial charge on any atom is -0.378 e. The highest BCUT2D eigenvalue weighted by Gasteiger charge is 2.35. The van der Waals surface area contributed by atoms with Crippen LogP contribution in [0.2, 0.25) is 0 Å². The molecule has 1 aromatic rings. The molecule has 0 amide bonds. The molecule has 2 heterocycles. The van der Waals surface area contributed by atoms with Gasteiger partial charge in [-0.05, 0) is 12.1 Å². The standard InChI is InChI=1S/C11H12ClN3O3S2/c12-6-8-7-18-5-4-15(8)20(16,17)10-3-1-2-9-11(10)14-19-13-9/h1-3,8H,4-7H2. The van der Waals surface area contributed by atoms with E-state index in [1.165, 1.54) is 4.31 Å². The number of rotatable bonds is 3. The lowest BCUT2D eigenvalue weighted by Crippen LogP contribution is -2.49. The molecule has 1 aromatic carbocycles. The Kier molecular flexibility index (Phi) is 3.91. The van der Waals surface area contributed by atoms with Crippen molar-refractivity contribution in [2.24, 2.45) is 8.73 Å². The van der Waals surface area contributed by atoms with Crippen molar-refractivity contribution >= 4 is 44.4 Å². The zero-order valence-electron chi connectivity index (χ0n) is 10.4. The molecule has 6 nitrogen and oxygen atoms in total. The Morgan fingerprint density at radius 3 is 3.10 bits per heavy atom. The molecule has 20 heavy (non-hydrogen) atoms. The summed E-state index contributed by atoms with van der Waals surface area (Å²) in [7, 11) is -3.65. The highest BCUT2D eigenvalue weighted by molar-refractivity contribution is 7.89. The Morgan fingerprint density at radius 2 is 2.30 bits per heavy atom. The molecule has 0 bridgehead atoms. The molecular weight excluding hydrogens is 322 g/mol. The minimum atomic E-state index is -3.65. The van der Waals surface area contributed by atoms with Gasteiger partial charge in [0.25, 0.3) is 0 Å². The second kappa shape index (κ2) is 5.53. The van der Waals surface area contributed by atoms with Gasteiger partial charge >= 0.3 is 0 Å². The number of morpholine rings is 1. The van der Waals surface area contributed by atoms with Gasteiger partial charge in [0.05, 0.1) is 30.6 Å². The smallest absolute Gasteiger partial charge is 0.245 e. The normalized spacial score (nSPS) is 22.6. The van der Waals surface area contributed by atoms with Gasteiger partial charge in [-0.3, -0.25) is 0 Å². The second-order valence-corrected chi connectivity index (χ2v) is 7.08. The third-order valence-corrected chi connectivity index (χ3v) is 6.07.